The Morgan fingerprint density at radius 3 is 2.59 bits per heavy atom. The summed E-state index contributed by atoms with van der Waals surface area (Å²) in [4.78, 5) is 17.4. The molecule has 3 aromatic rings. The SMILES string of the molecule is O=C1c2cccn2[C@@H]2CN(Cc3ccco3)C[C@H]2N1Cc1ccc(F)cc1. The maximum atomic E-state index is 13.2. The molecular formula is C21H20FN3O2. The molecule has 2 aliphatic heterocycles. The first-order valence-corrected chi connectivity index (χ1v) is 9.16. The number of carbonyl (C=O) groups is 1. The molecule has 27 heavy (non-hydrogen) atoms. The van der Waals surface area contributed by atoms with Crippen molar-refractivity contribution in [1.29, 1.82) is 0 Å². The van der Waals surface area contributed by atoms with Gasteiger partial charge in [-0.1, -0.05) is 12.1 Å². The van der Waals surface area contributed by atoms with Crippen molar-refractivity contribution in [3.63, 3.8) is 0 Å². The van der Waals surface area contributed by atoms with Crippen molar-refractivity contribution in [2.75, 3.05) is 13.1 Å². The number of hydrogen-bond acceptors (Lipinski definition) is 3. The lowest BCUT2D eigenvalue weighted by molar-refractivity contribution is 0.0556. The van der Waals surface area contributed by atoms with E-state index < -0.39 is 0 Å². The number of carbonyl (C=O) groups excluding carboxylic acids is 1. The molecule has 138 valence electrons. The molecule has 6 heteroatoms. The molecule has 1 amide bonds. The highest BCUT2D eigenvalue weighted by atomic mass is 19.1. The van der Waals surface area contributed by atoms with Gasteiger partial charge < -0.3 is 13.9 Å². The van der Waals surface area contributed by atoms with Crippen LogP contribution in [0.4, 0.5) is 4.39 Å². The fourth-order valence-electron chi connectivity index (χ4n) is 4.32. The Balaban J connectivity index is 1.44. The number of hydrogen-bond donors (Lipinski definition) is 0. The van der Waals surface area contributed by atoms with Gasteiger partial charge in [0.2, 0.25) is 0 Å². The van der Waals surface area contributed by atoms with E-state index >= 15 is 0 Å². The van der Waals surface area contributed by atoms with Gasteiger partial charge in [-0.05, 0) is 42.0 Å². The third-order valence-corrected chi connectivity index (χ3v) is 5.58. The van der Waals surface area contributed by atoms with Gasteiger partial charge in [0.25, 0.3) is 5.91 Å². The summed E-state index contributed by atoms with van der Waals surface area (Å²) in [5.74, 6) is 0.698. The van der Waals surface area contributed by atoms with Crippen LogP contribution >= 0.6 is 0 Å². The maximum Gasteiger partial charge on any atom is 0.271 e. The number of aromatic nitrogens is 1. The molecule has 1 aromatic carbocycles. The molecule has 1 fully saturated rings. The smallest absolute Gasteiger partial charge is 0.271 e. The predicted octanol–water partition coefficient (Wildman–Crippen LogP) is 3.30. The van der Waals surface area contributed by atoms with E-state index in [4.69, 9.17) is 4.42 Å². The van der Waals surface area contributed by atoms with Crippen LogP contribution in [0, 0.1) is 5.82 Å². The van der Waals surface area contributed by atoms with Crippen LogP contribution in [-0.4, -0.2) is 39.4 Å². The Bertz CT molecular complexity index is 948. The lowest BCUT2D eigenvalue weighted by Crippen LogP contribution is -2.49. The molecule has 0 N–H and O–H groups in total. The van der Waals surface area contributed by atoms with E-state index in [1.54, 1.807) is 18.4 Å². The summed E-state index contributed by atoms with van der Waals surface area (Å²) < 4.78 is 20.8. The second-order valence-corrected chi connectivity index (χ2v) is 7.27. The molecule has 0 radical (unpaired) electrons. The lowest BCUT2D eigenvalue weighted by atomic mass is 10.0. The van der Waals surface area contributed by atoms with E-state index in [1.807, 2.05) is 35.4 Å². The molecule has 0 spiro atoms. The van der Waals surface area contributed by atoms with Gasteiger partial charge in [0.15, 0.2) is 0 Å². The Morgan fingerprint density at radius 1 is 1.00 bits per heavy atom. The topological polar surface area (TPSA) is 41.6 Å². The standard InChI is InChI=1S/C21H20FN3O2/c22-16-7-5-15(6-8-16)11-25-20-14-23(12-17-3-2-10-27-17)13-19(20)24-9-1-4-18(24)21(25)26/h1-10,19-20H,11-14H2/t19-,20-/m1/s1. The van der Waals surface area contributed by atoms with Gasteiger partial charge in [-0.3, -0.25) is 9.69 Å². The van der Waals surface area contributed by atoms with Gasteiger partial charge in [-0.15, -0.1) is 0 Å². The van der Waals surface area contributed by atoms with Gasteiger partial charge in [-0.25, -0.2) is 4.39 Å². The number of likely N-dealkylation sites (tertiary alicyclic amines) is 1. The van der Waals surface area contributed by atoms with E-state index in [1.165, 1.54) is 12.1 Å². The van der Waals surface area contributed by atoms with Crippen LogP contribution in [0.15, 0.2) is 65.4 Å². The average molecular weight is 365 g/mol. The normalized spacial score (nSPS) is 22.1. The minimum absolute atomic E-state index is 0.0328. The molecule has 0 unspecified atom stereocenters. The first-order valence-electron chi connectivity index (χ1n) is 9.16. The highest BCUT2D eigenvalue weighted by Gasteiger charge is 2.44. The third-order valence-electron chi connectivity index (χ3n) is 5.58. The molecule has 0 saturated carbocycles. The van der Waals surface area contributed by atoms with Crippen LogP contribution in [0.25, 0.3) is 0 Å². The van der Waals surface area contributed by atoms with Crippen molar-refractivity contribution >= 4 is 5.91 Å². The van der Waals surface area contributed by atoms with Crippen LogP contribution in [0.1, 0.15) is 27.9 Å². The number of fused-ring (bicyclic) bond motifs is 3. The first kappa shape index (κ1) is 16.3. The molecule has 0 aliphatic carbocycles. The zero-order chi connectivity index (χ0) is 18.4. The summed E-state index contributed by atoms with van der Waals surface area (Å²) in [6.45, 7) is 2.87. The van der Waals surface area contributed by atoms with Crippen molar-refractivity contribution in [1.82, 2.24) is 14.4 Å². The van der Waals surface area contributed by atoms with Crippen LogP contribution < -0.4 is 0 Å². The van der Waals surface area contributed by atoms with E-state index in [2.05, 4.69) is 9.47 Å². The van der Waals surface area contributed by atoms with E-state index in [0.717, 1.165) is 36.7 Å². The van der Waals surface area contributed by atoms with Crippen LogP contribution in [0.3, 0.4) is 0 Å². The van der Waals surface area contributed by atoms with Crippen molar-refractivity contribution in [3.05, 3.63) is 83.8 Å². The highest BCUT2D eigenvalue weighted by molar-refractivity contribution is 5.94. The fourth-order valence-corrected chi connectivity index (χ4v) is 4.32. The average Bonchev–Trinajstić information content (AvgIpc) is 3.40. The van der Waals surface area contributed by atoms with Gasteiger partial charge in [-0.2, -0.15) is 0 Å². The number of amides is 1. The number of rotatable bonds is 4. The molecule has 2 aromatic heterocycles. The van der Waals surface area contributed by atoms with Gasteiger partial charge in [0.05, 0.1) is 24.9 Å². The molecule has 5 nitrogen and oxygen atoms in total. The summed E-state index contributed by atoms with van der Waals surface area (Å²) in [5.41, 5.74) is 1.66. The molecule has 0 bridgehead atoms. The minimum Gasteiger partial charge on any atom is -0.468 e. The van der Waals surface area contributed by atoms with Gasteiger partial charge in [0.1, 0.15) is 17.3 Å². The number of benzene rings is 1. The van der Waals surface area contributed by atoms with Crippen molar-refractivity contribution in [2.45, 2.75) is 25.2 Å². The van der Waals surface area contributed by atoms with Crippen LogP contribution in [-0.2, 0) is 13.1 Å². The zero-order valence-electron chi connectivity index (χ0n) is 14.8. The first-order chi connectivity index (χ1) is 13.2. The lowest BCUT2D eigenvalue weighted by Gasteiger charge is -2.38. The molecule has 1 saturated heterocycles. The van der Waals surface area contributed by atoms with Crippen molar-refractivity contribution < 1.29 is 13.6 Å². The number of halogens is 1. The van der Waals surface area contributed by atoms with Crippen LogP contribution in [0.5, 0.6) is 0 Å². The fraction of sp³-hybridized carbons (Fsp3) is 0.286. The number of nitrogens with zero attached hydrogens (tertiary/aromatic N) is 3. The Labute approximate surface area is 156 Å². The highest BCUT2D eigenvalue weighted by Crippen LogP contribution is 2.35. The summed E-state index contributed by atoms with van der Waals surface area (Å²) in [5, 5.41) is 0. The second kappa shape index (κ2) is 6.39. The summed E-state index contributed by atoms with van der Waals surface area (Å²) in [6.07, 6.45) is 3.68. The molecule has 2 atom stereocenters. The monoisotopic (exact) mass is 365 g/mol. The minimum atomic E-state index is -0.263. The summed E-state index contributed by atoms with van der Waals surface area (Å²) in [6, 6.07) is 14.4. The summed E-state index contributed by atoms with van der Waals surface area (Å²) >= 11 is 0. The summed E-state index contributed by atoms with van der Waals surface area (Å²) in [7, 11) is 0. The quantitative estimate of drug-likeness (QED) is 0.712. The van der Waals surface area contributed by atoms with E-state index in [9.17, 15) is 9.18 Å². The van der Waals surface area contributed by atoms with Crippen molar-refractivity contribution in [2.24, 2.45) is 0 Å². The van der Waals surface area contributed by atoms with Crippen LogP contribution in [0.2, 0.25) is 0 Å². The second-order valence-electron chi connectivity index (χ2n) is 7.27. The van der Waals surface area contributed by atoms with Gasteiger partial charge >= 0.3 is 0 Å². The molecule has 4 heterocycles. The molecular weight excluding hydrogens is 345 g/mol. The largest absolute Gasteiger partial charge is 0.468 e. The van der Waals surface area contributed by atoms with Crippen molar-refractivity contribution in [3.8, 4) is 0 Å². The Kier molecular flexibility index (Phi) is 3.86. The van der Waals surface area contributed by atoms with Gasteiger partial charge in [0, 0.05) is 25.8 Å². The molecule has 2 aliphatic rings. The number of furan rings is 1. The predicted molar refractivity (Wildman–Crippen MR) is 97.5 cm³/mol. The Morgan fingerprint density at radius 2 is 1.81 bits per heavy atom. The molecule has 5 rings (SSSR count). The van der Waals surface area contributed by atoms with E-state index in [-0.39, 0.29) is 23.8 Å². The maximum absolute atomic E-state index is 13.2. The van der Waals surface area contributed by atoms with E-state index in [0.29, 0.717) is 6.54 Å². The zero-order valence-corrected chi connectivity index (χ0v) is 14.8. The third kappa shape index (κ3) is 2.86. The Hall–Kier alpha value is -2.86.